The van der Waals surface area contributed by atoms with Crippen molar-refractivity contribution in [2.45, 2.75) is 23.4 Å². The van der Waals surface area contributed by atoms with E-state index in [9.17, 15) is 18.0 Å². The standard InChI is InChI=1S/C17H17F3N2O3S/c1-10(26-15-7-4-11(9-21-15)17(18,19)20)16(23)22-12-5-6-13(24-2)14(8-12)25-3/h4-10H,1-3H3,(H,22,23). The number of methoxy groups -OCH3 is 2. The Balaban J connectivity index is 2.01. The smallest absolute Gasteiger partial charge is 0.417 e. The summed E-state index contributed by atoms with van der Waals surface area (Å²) in [5.74, 6) is 0.681. The fourth-order valence-corrected chi connectivity index (χ4v) is 2.80. The van der Waals surface area contributed by atoms with Crippen LogP contribution in [-0.4, -0.2) is 30.4 Å². The number of anilines is 1. The lowest BCUT2D eigenvalue weighted by molar-refractivity contribution is -0.137. The predicted molar refractivity (Wildman–Crippen MR) is 92.7 cm³/mol. The van der Waals surface area contributed by atoms with Gasteiger partial charge in [-0.25, -0.2) is 4.98 Å². The molecule has 1 atom stereocenters. The number of hydrogen-bond acceptors (Lipinski definition) is 5. The topological polar surface area (TPSA) is 60.5 Å². The van der Waals surface area contributed by atoms with E-state index >= 15 is 0 Å². The lowest BCUT2D eigenvalue weighted by Crippen LogP contribution is -2.22. The molecule has 1 heterocycles. The fraction of sp³-hybridized carbons (Fsp3) is 0.294. The molecule has 1 aromatic carbocycles. The molecule has 0 aliphatic carbocycles. The van der Waals surface area contributed by atoms with Gasteiger partial charge in [-0.05, 0) is 31.2 Å². The largest absolute Gasteiger partial charge is 0.493 e. The van der Waals surface area contributed by atoms with Gasteiger partial charge in [0.1, 0.15) is 0 Å². The lowest BCUT2D eigenvalue weighted by Gasteiger charge is -2.14. The number of nitrogens with zero attached hydrogens (tertiary/aromatic N) is 1. The van der Waals surface area contributed by atoms with Gasteiger partial charge in [0.05, 0.1) is 30.1 Å². The van der Waals surface area contributed by atoms with Crippen molar-refractivity contribution in [1.82, 2.24) is 4.98 Å². The minimum absolute atomic E-state index is 0.316. The molecule has 0 saturated heterocycles. The molecule has 0 aliphatic rings. The first-order valence-corrected chi connectivity index (χ1v) is 8.35. The van der Waals surface area contributed by atoms with E-state index in [1.165, 1.54) is 20.3 Å². The van der Waals surface area contributed by atoms with Crippen molar-refractivity contribution < 1.29 is 27.4 Å². The molecule has 1 aromatic heterocycles. The summed E-state index contributed by atoms with van der Waals surface area (Å²) in [6.45, 7) is 1.64. The van der Waals surface area contributed by atoms with E-state index in [2.05, 4.69) is 10.3 Å². The Morgan fingerprint density at radius 1 is 1.15 bits per heavy atom. The zero-order chi connectivity index (χ0) is 19.3. The highest BCUT2D eigenvalue weighted by atomic mass is 32.2. The number of carbonyl (C=O) groups excluding carboxylic acids is 1. The highest BCUT2D eigenvalue weighted by Crippen LogP contribution is 2.32. The zero-order valence-corrected chi connectivity index (χ0v) is 15.1. The van der Waals surface area contributed by atoms with E-state index in [1.54, 1.807) is 25.1 Å². The number of ether oxygens (including phenoxy) is 2. The molecule has 5 nitrogen and oxygen atoms in total. The van der Waals surface area contributed by atoms with Gasteiger partial charge in [-0.15, -0.1) is 0 Å². The maximum absolute atomic E-state index is 12.5. The van der Waals surface area contributed by atoms with Crippen molar-refractivity contribution in [1.29, 1.82) is 0 Å². The van der Waals surface area contributed by atoms with Crippen molar-refractivity contribution in [3.63, 3.8) is 0 Å². The predicted octanol–water partition coefficient (Wildman–Crippen LogP) is 4.24. The summed E-state index contributed by atoms with van der Waals surface area (Å²) in [6, 6.07) is 7.11. The molecule has 0 fully saturated rings. The maximum atomic E-state index is 12.5. The molecular formula is C17H17F3N2O3S. The molecule has 2 aromatic rings. The van der Waals surface area contributed by atoms with E-state index in [0.717, 1.165) is 24.0 Å². The molecule has 0 saturated carbocycles. The Morgan fingerprint density at radius 3 is 2.38 bits per heavy atom. The van der Waals surface area contributed by atoms with Gasteiger partial charge in [0, 0.05) is 18.0 Å². The van der Waals surface area contributed by atoms with Crippen LogP contribution in [0.4, 0.5) is 18.9 Å². The van der Waals surface area contributed by atoms with E-state index in [0.29, 0.717) is 22.2 Å². The van der Waals surface area contributed by atoms with Crippen molar-refractivity contribution >= 4 is 23.4 Å². The number of alkyl halides is 3. The third-order valence-electron chi connectivity index (χ3n) is 3.38. The summed E-state index contributed by atoms with van der Waals surface area (Å²) < 4.78 is 47.9. The Bertz CT molecular complexity index is 767. The molecule has 0 radical (unpaired) electrons. The minimum Gasteiger partial charge on any atom is -0.493 e. The quantitative estimate of drug-likeness (QED) is 0.753. The number of aromatic nitrogens is 1. The molecule has 0 aliphatic heterocycles. The molecule has 9 heteroatoms. The van der Waals surface area contributed by atoms with Crippen LogP contribution in [0.1, 0.15) is 12.5 Å². The number of hydrogen-bond donors (Lipinski definition) is 1. The molecule has 26 heavy (non-hydrogen) atoms. The van der Waals surface area contributed by atoms with E-state index in [-0.39, 0.29) is 5.91 Å². The molecule has 2 rings (SSSR count). The molecular weight excluding hydrogens is 369 g/mol. The van der Waals surface area contributed by atoms with Gasteiger partial charge in [0.15, 0.2) is 11.5 Å². The molecule has 1 amide bonds. The number of pyridine rings is 1. The van der Waals surface area contributed by atoms with Crippen LogP contribution in [-0.2, 0) is 11.0 Å². The first-order chi connectivity index (χ1) is 12.2. The number of nitrogens with one attached hydrogen (secondary N) is 1. The van der Waals surface area contributed by atoms with Crippen LogP contribution in [0.5, 0.6) is 11.5 Å². The zero-order valence-electron chi connectivity index (χ0n) is 14.3. The monoisotopic (exact) mass is 386 g/mol. The summed E-state index contributed by atoms with van der Waals surface area (Å²) in [6.07, 6.45) is -3.69. The first kappa shape index (κ1) is 19.9. The number of rotatable bonds is 6. The summed E-state index contributed by atoms with van der Waals surface area (Å²) in [7, 11) is 2.99. The van der Waals surface area contributed by atoms with Gasteiger partial charge in [-0.1, -0.05) is 11.8 Å². The normalized spacial score (nSPS) is 12.4. The van der Waals surface area contributed by atoms with E-state index in [1.807, 2.05) is 0 Å². The van der Waals surface area contributed by atoms with Crippen molar-refractivity contribution in [2.24, 2.45) is 0 Å². The molecule has 0 spiro atoms. The SMILES string of the molecule is COc1ccc(NC(=O)C(C)Sc2ccc(C(F)(F)F)cn2)cc1OC. The Morgan fingerprint density at radius 2 is 1.85 bits per heavy atom. The molecule has 1 N–H and O–H groups in total. The fourth-order valence-electron chi connectivity index (χ4n) is 2.01. The Hall–Kier alpha value is -2.42. The van der Waals surface area contributed by atoms with Gasteiger partial charge < -0.3 is 14.8 Å². The average Bonchev–Trinajstić information content (AvgIpc) is 2.61. The number of halogens is 3. The van der Waals surface area contributed by atoms with Crippen LogP contribution in [0.25, 0.3) is 0 Å². The van der Waals surface area contributed by atoms with Crippen molar-refractivity contribution in [3.8, 4) is 11.5 Å². The Labute approximate surface area is 152 Å². The van der Waals surface area contributed by atoms with E-state index < -0.39 is 17.0 Å². The highest BCUT2D eigenvalue weighted by molar-refractivity contribution is 8.00. The van der Waals surface area contributed by atoms with Gasteiger partial charge in [-0.2, -0.15) is 13.2 Å². The van der Waals surface area contributed by atoms with Gasteiger partial charge in [-0.3, -0.25) is 4.79 Å². The second-order valence-corrected chi connectivity index (χ2v) is 6.56. The van der Waals surface area contributed by atoms with Gasteiger partial charge in [0.2, 0.25) is 5.91 Å². The maximum Gasteiger partial charge on any atom is 0.417 e. The number of carbonyl (C=O) groups is 1. The summed E-state index contributed by atoms with van der Waals surface area (Å²) >= 11 is 1.06. The molecule has 140 valence electrons. The van der Waals surface area contributed by atoms with Gasteiger partial charge >= 0.3 is 6.18 Å². The van der Waals surface area contributed by atoms with Crippen LogP contribution < -0.4 is 14.8 Å². The second kappa shape index (κ2) is 8.31. The lowest BCUT2D eigenvalue weighted by atomic mass is 10.2. The van der Waals surface area contributed by atoms with Gasteiger partial charge in [0.25, 0.3) is 0 Å². The van der Waals surface area contributed by atoms with Crippen LogP contribution in [0.3, 0.4) is 0 Å². The number of amides is 1. The van der Waals surface area contributed by atoms with E-state index in [4.69, 9.17) is 9.47 Å². The van der Waals surface area contributed by atoms with Crippen molar-refractivity contribution in [3.05, 3.63) is 42.1 Å². The second-order valence-electron chi connectivity index (χ2n) is 5.20. The highest BCUT2D eigenvalue weighted by Gasteiger charge is 2.30. The van der Waals surface area contributed by atoms with Crippen LogP contribution in [0.15, 0.2) is 41.6 Å². The minimum atomic E-state index is -4.44. The van der Waals surface area contributed by atoms with Crippen LogP contribution >= 0.6 is 11.8 Å². The van der Waals surface area contributed by atoms with Crippen molar-refractivity contribution in [2.75, 3.05) is 19.5 Å². The third-order valence-corrected chi connectivity index (χ3v) is 4.43. The summed E-state index contributed by atoms with van der Waals surface area (Å²) in [5, 5.41) is 2.48. The average molecular weight is 386 g/mol. The summed E-state index contributed by atoms with van der Waals surface area (Å²) in [5.41, 5.74) is -0.315. The summed E-state index contributed by atoms with van der Waals surface area (Å²) in [4.78, 5) is 16.0. The van der Waals surface area contributed by atoms with Crippen LogP contribution in [0.2, 0.25) is 0 Å². The Kier molecular flexibility index (Phi) is 6.36. The first-order valence-electron chi connectivity index (χ1n) is 7.47. The molecule has 1 unspecified atom stereocenters. The third kappa shape index (κ3) is 5.04. The number of benzene rings is 1. The molecule has 0 bridgehead atoms. The van der Waals surface area contributed by atoms with Crippen LogP contribution in [0, 0.1) is 0 Å². The number of thioether (sulfide) groups is 1.